The second-order valence-electron chi connectivity index (χ2n) is 3.83. The lowest BCUT2D eigenvalue weighted by Crippen LogP contribution is -2.13. The van der Waals surface area contributed by atoms with Crippen LogP contribution in [-0.4, -0.2) is 20.7 Å². The number of hydrogen-bond acceptors (Lipinski definition) is 3. The van der Waals surface area contributed by atoms with Crippen LogP contribution in [0.15, 0.2) is 24.7 Å². The van der Waals surface area contributed by atoms with Crippen LogP contribution in [0, 0.1) is 0 Å². The zero-order chi connectivity index (χ0) is 13.1. The molecular weight excluding hydrogens is 252 g/mol. The van der Waals surface area contributed by atoms with E-state index in [4.69, 9.17) is 11.6 Å². The molecule has 2 heterocycles. The van der Waals surface area contributed by atoms with E-state index in [-0.39, 0.29) is 5.91 Å². The van der Waals surface area contributed by atoms with Gasteiger partial charge in [-0.1, -0.05) is 18.5 Å². The maximum absolute atomic E-state index is 12.0. The van der Waals surface area contributed by atoms with Crippen molar-refractivity contribution in [2.45, 2.75) is 13.3 Å². The van der Waals surface area contributed by atoms with E-state index in [9.17, 15) is 4.79 Å². The molecule has 18 heavy (non-hydrogen) atoms. The van der Waals surface area contributed by atoms with Crippen LogP contribution < -0.4 is 5.32 Å². The molecule has 0 unspecified atom stereocenters. The van der Waals surface area contributed by atoms with Crippen molar-refractivity contribution in [3.63, 3.8) is 0 Å². The topological polar surface area (TPSA) is 59.8 Å². The Labute approximate surface area is 110 Å². The zero-order valence-corrected chi connectivity index (χ0v) is 10.9. The maximum Gasteiger partial charge on any atom is 0.258 e. The van der Waals surface area contributed by atoms with E-state index in [1.807, 2.05) is 14.0 Å². The van der Waals surface area contributed by atoms with Gasteiger partial charge in [-0.3, -0.25) is 14.5 Å². The Balaban J connectivity index is 2.24. The molecule has 0 aliphatic heterocycles. The summed E-state index contributed by atoms with van der Waals surface area (Å²) >= 11 is 5.94. The Morgan fingerprint density at radius 1 is 1.56 bits per heavy atom. The van der Waals surface area contributed by atoms with E-state index in [1.54, 1.807) is 23.1 Å². The highest BCUT2D eigenvalue weighted by Crippen LogP contribution is 2.18. The fourth-order valence-corrected chi connectivity index (χ4v) is 1.83. The molecule has 0 fully saturated rings. The van der Waals surface area contributed by atoms with Gasteiger partial charge in [0.2, 0.25) is 0 Å². The molecule has 6 heteroatoms. The minimum Gasteiger partial charge on any atom is -0.319 e. The molecule has 2 aromatic rings. The van der Waals surface area contributed by atoms with E-state index in [0.29, 0.717) is 16.3 Å². The quantitative estimate of drug-likeness (QED) is 0.925. The first-order valence-electron chi connectivity index (χ1n) is 5.55. The third-order valence-corrected chi connectivity index (χ3v) is 2.83. The molecule has 0 saturated heterocycles. The average Bonchev–Trinajstić information content (AvgIpc) is 2.70. The smallest absolute Gasteiger partial charge is 0.258 e. The Morgan fingerprint density at radius 3 is 3.00 bits per heavy atom. The van der Waals surface area contributed by atoms with Crippen LogP contribution in [0.25, 0.3) is 0 Å². The monoisotopic (exact) mass is 264 g/mol. The van der Waals surface area contributed by atoms with E-state index >= 15 is 0 Å². The minimum absolute atomic E-state index is 0.282. The molecule has 0 spiro atoms. The van der Waals surface area contributed by atoms with Crippen molar-refractivity contribution in [2.75, 3.05) is 5.32 Å². The number of carbonyl (C=O) groups is 1. The van der Waals surface area contributed by atoms with E-state index in [1.165, 1.54) is 6.20 Å². The summed E-state index contributed by atoms with van der Waals surface area (Å²) in [5, 5.41) is 7.42. The van der Waals surface area contributed by atoms with Crippen LogP contribution in [0.1, 0.15) is 23.0 Å². The van der Waals surface area contributed by atoms with Gasteiger partial charge in [0.05, 0.1) is 22.0 Å². The van der Waals surface area contributed by atoms with Crippen LogP contribution in [0.4, 0.5) is 5.69 Å². The highest BCUT2D eigenvalue weighted by atomic mass is 35.5. The van der Waals surface area contributed by atoms with Crippen molar-refractivity contribution in [2.24, 2.45) is 7.05 Å². The van der Waals surface area contributed by atoms with Gasteiger partial charge in [-0.15, -0.1) is 0 Å². The molecule has 94 valence electrons. The molecule has 0 aliphatic carbocycles. The van der Waals surface area contributed by atoms with Crippen LogP contribution in [0.3, 0.4) is 0 Å². The van der Waals surface area contributed by atoms with Gasteiger partial charge in [-0.05, 0) is 12.5 Å². The number of halogens is 1. The van der Waals surface area contributed by atoms with Gasteiger partial charge in [0.25, 0.3) is 5.91 Å². The Kier molecular flexibility index (Phi) is 3.62. The van der Waals surface area contributed by atoms with Gasteiger partial charge in [-0.2, -0.15) is 5.10 Å². The predicted octanol–water partition coefficient (Wildman–Crippen LogP) is 2.28. The van der Waals surface area contributed by atoms with Crippen molar-refractivity contribution < 1.29 is 4.79 Å². The third kappa shape index (κ3) is 2.51. The molecule has 5 nitrogen and oxygen atoms in total. The number of aromatic nitrogens is 3. The summed E-state index contributed by atoms with van der Waals surface area (Å²) in [6, 6.07) is 1.58. The molecule has 1 N–H and O–H groups in total. The molecule has 0 aliphatic rings. The first kappa shape index (κ1) is 12.6. The Bertz CT molecular complexity index is 579. The lowest BCUT2D eigenvalue weighted by Gasteiger charge is -2.05. The van der Waals surface area contributed by atoms with Crippen molar-refractivity contribution in [1.82, 2.24) is 14.8 Å². The summed E-state index contributed by atoms with van der Waals surface area (Å²) in [6.45, 7) is 1.98. The molecule has 0 atom stereocenters. The Hall–Kier alpha value is -1.88. The number of pyridine rings is 1. The van der Waals surface area contributed by atoms with Gasteiger partial charge in [-0.25, -0.2) is 0 Å². The van der Waals surface area contributed by atoms with Gasteiger partial charge in [0, 0.05) is 25.6 Å². The van der Waals surface area contributed by atoms with Crippen LogP contribution in [0.5, 0.6) is 0 Å². The molecule has 0 bridgehead atoms. The van der Waals surface area contributed by atoms with Crippen molar-refractivity contribution in [1.29, 1.82) is 0 Å². The average molecular weight is 265 g/mol. The van der Waals surface area contributed by atoms with Gasteiger partial charge < -0.3 is 5.32 Å². The number of amides is 1. The number of aryl methyl sites for hydroxylation is 2. The number of anilines is 1. The summed E-state index contributed by atoms with van der Waals surface area (Å²) < 4.78 is 1.67. The van der Waals surface area contributed by atoms with E-state index in [0.717, 1.165) is 12.1 Å². The maximum atomic E-state index is 12.0. The SMILES string of the molecule is CCc1nn(C)cc1NC(=O)c1cnccc1Cl. The van der Waals surface area contributed by atoms with E-state index in [2.05, 4.69) is 15.4 Å². The molecule has 2 rings (SSSR count). The fourth-order valence-electron chi connectivity index (χ4n) is 1.63. The van der Waals surface area contributed by atoms with Gasteiger partial charge >= 0.3 is 0 Å². The van der Waals surface area contributed by atoms with Gasteiger partial charge in [0.1, 0.15) is 0 Å². The van der Waals surface area contributed by atoms with Crippen LogP contribution in [0.2, 0.25) is 5.02 Å². The first-order chi connectivity index (χ1) is 8.61. The van der Waals surface area contributed by atoms with Gasteiger partial charge in [0.15, 0.2) is 0 Å². The molecular formula is C12H13ClN4O. The second kappa shape index (κ2) is 5.18. The number of carbonyl (C=O) groups excluding carboxylic acids is 1. The van der Waals surface area contributed by atoms with Crippen LogP contribution in [-0.2, 0) is 13.5 Å². The minimum atomic E-state index is -0.282. The lowest BCUT2D eigenvalue weighted by atomic mass is 10.2. The summed E-state index contributed by atoms with van der Waals surface area (Å²) in [6.07, 6.45) is 5.50. The summed E-state index contributed by atoms with van der Waals surface area (Å²) in [5.41, 5.74) is 1.89. The molecule has 2 aromatic heterocycles. The molecule has 0 saturated carbocycles. The summed E-state index contributed by atoms with van der Waals surface area (Å²) in [4.78, 5) is 15.9. The fraction of sp³-hybridized carbons (Fsp3) is 0.250. The van der Waals surface area contributed by atoms with Crippen molar-refractivity contribution in [3.05, 3.63) is 40.9 Å². The number of rotatable bonds is 3. The zero-order valence-electron chi connectivity index (χ0n) is 10.1. The first-order valence-corrected chi connectivity index (χ1v) is 5.93. The predicted molar refractivity (Wildman–Crippen MR) is 69.8 cm³/mol. The largest absolute Gasteiger partial charge is 0.319 e. The summed E-state index contributed by atoms with van der Waals surface area (Å²) in [5.74, 6) is -0.282. The number of hydrogen-bond donors (Lipinski definition) is 1. The lowest BCUT2D eigenvalue weighted by molar-refractivity contribution is 0.102. The highest BCUT2D eigenvalue weighted by Gasteiger charge is 2.13. The molecule has 0 radical (unpaired) electrons. The molecule has 0 aromatic carbocycles. The summed E-state index contributed by atoms with van der Waals surface area (Å²) in [7, 11) is 1.81. The van der Waals surface area contributed by atoms with Crippen molar-refractivity contribution >= 4 is 23.2 Å². The normalized spacial score (nSPS) is 10.4. The van der Waals surface area contributed by atoms with Crippen molar-refractivity contribution in [3.8, 4) is 0 Å². The third-order valence-electron chi connectivity index (χ3n) is 2.50. The van der Waals surface area contributed by atoms with E-state index < -0.39 is 0 Å². The molecule has 1 amide bonds. The standard InChI is InChI=1S/C12H13ClN4O/c1-3-10-11(7-17(2)16-10)15-12(18)8-6-14-5-4-9(8)13/h4-7H,3H2,1-2H3,(H,15,18). The number of nitrogens with zero attached hydrogens (tertiary/aromatic N) is 3. The van der Waals surface area contributed by atoms with Crippen LogP contribution >= 0.6 is 11.6 Å². The highest BCUT2D eigenvalue weighted by molar-refractivity contribution is 6.34. The number of nitrogens with one attached hydrogen (secondary N) is 1. The second-order valence-corrected chi connectivity index (χ2v) is 4.23. The Morgan fingerprint density at radius 2 is 2.33 bits per heavy atom.